The van der Waals surface area contributed by atoms with E-state index in [0.29, 0.717) is 18.3 Å². The first-order valence-electron chi connectivity index (χ1n) is 7.37. The lowest BCUT2D eigenvalue weighted by Crippen LogP contribution is -2.43. The number of morpholine rings is 1. The third-order valence-corrected chi connectivity index (χ3v) is 3.55. The van der Waals surface area contributed by atoms with Crippen molar-refractivity contribution in [2.24, 2.45) is 0 Å². The molecule has 0 spiro atoms. The summed E-state index contributed by atoms with van der Waals surface area (Å²) in [6.45, 7) is 7.97. The molecule has 0 saturated carbocycles. The fourth-order valence-corrected chi connectivity index (χ4v) is 2.50. The van der Waals surface area contributed by atoms with Gasteiger partial charge in [-0.15, -0.1) is 10.2 Å². The van der Waals surface area contributed by atoms with Crippen LogP contribution in [-0.4, -0.2) is 50.7 Å². The van der Waals surface area contributed by atoms with Crippen LogP contribution in [0.1, 0.15) is 24.3 Å². The predicted octanol–water partition coefficient (Wildman–Crippen LogP) is 1.04. The van der Waals surface area contributed by atoms with Crippen molar-refractivity contribution in [2.45, 2.75) is 39.5 Å². The molecule has 0 amide bonds. The molecule has 1 fully saturated rings. The summed E-state index contributed by atoms with van der Waals surface area (Å²) < 4.78 is 13.3. The number of ether oxygens (including phenoxy) is 1. The van der Waals surface area contributed by atoms with Crippen LogP contribution in [0.4, 0.5) is 0 Å². The van der Waals surface area contributed by atoms with Gasteiger partial charge in [-0.2, -0.15) is 5.10 Å². The van der Waals surface area contributed by atoms with Gasteiger partial charge < -0.3 is 9.15 Å². The lowest BCUT2D eigenvalue weighted by Gasteiger charge is -2.31. The number of hydrogen-bond acceptors (Lipinski definition) is 6. The molecule has 7 nitrogen and oxygen atoms in total. The van der Waals surface area contributed by atoms with Gasteiger partial charge in [0.2, 0.25) is 11.8 Å². The number of rotatable bonds is 5. The number of hydrogen-bond donors (Lipinski definition) is 0. The van der Waals surface area contributed by atoms with Crippen LogP contribution in [0.25, 0.3) is 0 Å². The smallest absolute Gasteiger partial charge is 0.230 e. The van der Waals surface area contributed by atoms with Gasteiger partial charge in [0, 0.05) is 25.7 Å². The van der Waals surface area contributed by atoms with Gasteiger partial charge in [-0.3, -0.25) is 9.58 Å². The topological polar surface area (TPSA) is 69.2 Å². The van der Waals surface area contributed by atoms with E-state index in [9.17, 15) is 0 Å². The molecule has 0 aromatic carbocycles. The summed E-state index contributed by atoms with van der Waals surface area (Å²) in [5.41, 5.74) is 1.17. The molecule has 0 unspecified atom stereocenters. The lowest BCUT2D eigenvalue weighted by atomic mass is 10.2. The maximum atomic E-state index is 5.82. The second-order valence-electron chi connectivity index (χ2n) is 5.41. The van der Waals surface area contributed by atoms with Gasteiger partial charge >= 0.3 is 0 Å². The minimum Gasteiger partial charge on any atom is -0.424 e. The molecule has 1 aliphatic heterocycles. The number of nitrogens with zero attached hydrogens (tertiary/aromatic N) is 5. The first-order valence-corrected chi connectivity index (χ1v) is 7.37. The Bertz CT molecular complexity index is 579. The standard InChI is InChI=1S/C14H21N5O2/c1-3-13-16-17-14(21-13)10-18-4-5-20-12(8-18)9-19-7-11(2)6-15-19/h6-7,12H,3-5,8-10H2,1-2H3/t12-/m1/s1. The summed E-state index contributed by atoms with van der Waals surface area (Å²) in [5.74, 6) is 1.38. The van der Waals surface area contributed by atoms with Crippen LogP contribution in [-0.2, 0) is 24.2 Å². The first-order chi connectivity index (χ1) is 10.2. The molecule has 3 heterocycles. The minimum absolute atomic E-state index is 0.145. The molecule has 114 valence electrons. The van der Waals surface area contributed by atoms with E-state index in [0.717, 1.165) is 32.7 Å². The summed E-state index contributed by atoms with van der Waals surface area (Å²) in [7, 11) is 0. The SMILES string of the molecule is CCc1nnc(CN2CCO[C@@H](Cn3cc(C)cn3)C2)o1. The van der Waals surface area contributed by atoms with Crippen LogP contribution in [0.15, 0.2) is 16.8 Å². The van der Waals surface area contributed by atoms with E-state index < -0.39 is 0 Å². The number of aromatic nitrogens is 4. The van der Waals surface area contributed by atoms with E-state index in [2.05, 4.69) is 20.2 Å². The van der Waals surface area contributed by atoms with E-state index in [1.165, 1.54) is 5.56 Å². The molecule has 7 heteroatoms. The molecular formula is C14H21N5O2. The molecule has 0 aliphatic carbocycles. The van der Waals surface area contributed by atoms with Gasteiger partial charge in [0.25, 0.3) is 0 Å². The summed E-state index contributed by atoms with van der Waals surface area (Å²) >= 11 is 0. The van der Waals surface area contributed by atoms with Crippen molar-refractivity contribution in [3.63, 3.8) is 0 Å². The van der Waals surface area contributed by atoms with Gasteiger partial charge in [-0.05, 0) is 12.5 Å². The Morgan fingerprint density at radius 3 is 2.90 bits per heavy atom. The lowest BCUT2D eigenvalue weighted by molar-refractivity contribution is -0.0423. The molecule has 2 aromatic rings. The molecule has 1 aliphatic rings. The van der Waals surface area contributed by atoms with E-state index in [4.69, 9.17) is 9.15 Å². The van der Waals surface area contributed by atoms with Gasteiger partial charge in [0.05, 0.1) is 32.0 Å². The van der Waals surface area contributed by atoms with E-state index >= 15 is 0 Å². The van der Waals surface area contributed by atoms with E-state index in [1.54, 1.807) is 0 Å². The van der Waals surface area contributed by atoms with Crippen LogP contribution >= 0.6 is 0 Å². The maximum absolute atomic E-state index is 5.82. The zero-order chi connectivity index (χ0) is 14.7. The second-order valence-corrected chi connectivity index (χ2v) is 5.41. The molecule has 2 aromatic heterocycles. The van der Waals surface area contributed by atoms with Crippen molar-refractivity contribution in [3.8, 4) is 0 Å². The van der Waals surface area contributed by atoms with Gasteiger partial charge in [0.15, 0.2) is 0 Å². The summed E-state index contributed by atoms with van der Waals surface area (Å²) in [4.78, 5) is 2.29. The fourth-order valence-electron chi connectivity index (χ4n) is 2.50. The largest absolute Gasteiger partial charge is 0.424 e. The van der Waals surface area contributed by atoms with Crippen LogP contribution in [0.3, 0.4) is 0 Å². The highest BCUT2D eigenvalue weighted by Gasteiger charge is 2.22. The molecule has 21 heavy (non-hydrogen) atoms. The molecule has 3 rings (SSSR count). The van der Waals surface area contributed by atoms with Gasteiger partial charge in [-0.25, -0.2) is 0 Å². The third kappa shape index (κ3) is 3.68. The average Bonchev–Trinajstić information content (AvgIpc) is 3.08. The Morgan fingerprint density at radius 1 is 1.33 bits per heavy atom. The summed E-state index contributed by atoms with van der Waals surface area (Å²) in [6.07, 6.45) is 4.82. The predicted molar refractivity (Wildman–Crippen MR) is 75.7 cm³/mol. The molecule has 1 atom stereocenters. The Hall–Kier alpha value is -1.73. The Kier molecular flexibility index (Phi) is 4.31. The minimum atomic E-state index is 0.145. The average molecular weight is 291 g/mol. The summed E-state index contributed by atoms with van der Waals surface area (Å²) in [5, 5.41) is 12.4. The number of aryl methyl sites for hydroxylation is 2. The van der Waals surface area contributed by atoms with Crippen molar-refractivity contribution in [1.29, 1.82) is 0 Å². The zero-order valence-corrected chi connectivity index (χ0v) is 12.5. The van der Waals surface area contributed by atoms with E-state index in [1.807, 2.05) is 30.9 Å². The van der Waals surface area contributed by atoms with Gasteiger partial charge in [0.1, 0.15) is 0 Å². The zero-order valence-electron chi connectivity index (χ0n) is 12.5. The van der Waals surface area contributed by atoms with Crippen molar-refractivity contribution in [3.05, 3.63) is 29.7 Å². The van der Waals surface area contributed by atoms with Crippen molar-refractivity contribution < 1.29 is 9.15 Å². The van der Waals surface area contributed by atoms with Crippen molar-refractivity contribution in [2.75, 3.05) is 19.7 Å². The van der Waals surface area contributed by atoms with Crippen LogP contribution in [0.5, 0.6) is 0 Å². The Labute approximate surface area is 123 Å². The third-order valence-electron chi connectivity index (χ3n) is 3.55. The van der Waals surface area contributed by atoms with Crippen molar-refractivity contribution >= 4 is 0 Å². The maximum Gasteiger partial charge on any atom is 0.230 e. The highest BCUT2D eigenvalue weighted by molar-refractivity contribution is 4.99. The molecule has 0 radical (unpaired) electrons. The first kappa shape index (κ1) is 14.2. The van der Waals surface area contributed by atoms with Crippen LogP contribution in [0.2, 0.25) is 0 Å². The quantitative estimate of drug-likeness (QED) is 0.820. The van der Waals surface area contributed by atoms with E-state index in [-0.39, 0.29) is 6.10 Å². The van der Waals surface area contributed by atoms with Crippen LogP contribution < -0.4 is 0 Å². The monoisotopic (exact) mass is 291 g/mol. The highest BCUT2D eigenvalue weighted by Crippen LogP contribution is 2.12. The van der Waals surface area contributed by atoms with Crippen LogP contribution in [0, 0.1) is 6.92 Å². The van der Waals surface area contributed by atoms with Crippen molar-refractivity contribution in [1.82, 2.24) is 24.9 Å². The van der Waals surface area contributed by atoms with Gasteiger partial charge in [-0.1, -0.05) is 6.92 Å². The Morgan fingerprint density at radius 2 is 2.19 bits per heavy atom. The fraction of sp³-hybridized carbons (Fsp3) is 0.643. The molecule has 1 saturated heterocycles. The highest BCUT2D eigenvalue weighted by atomic mass is 16.5. The molecule has 0 bridgehead atoms. The summed E-state index contributed by atoms with van der Waals surface area (Å²) in [6, 6.07) is 0. The Balaban J connectivity index is 1.55. The molecular weight excluding hydrogens is 270 g/mol. The second kappa shape index (κ2) is 6.36. The normalized spacial score (nSPS) is 20.0. The molecule has 0 N–H and O–H groups in total.